The Morgan fingerprint density at radius 3 is 2.06 bits per heavy atom. The van der Waals surface area contributed by atoms with Gasteiger partial charge < -0.3 is 14.9 Å². The van der Waals surface area contributed by atoms with Gasteiger partial charge >= 0.3 is 0 Å². The minimum absolute atomic E-state index is 0.113. The molecule has 0 spiro atoms. The quantitative estimate of drug-likeness (QED) is 0.523. The fraction of sp³-hybridized carbons (Fsp3) is 0.375. The molecule has 7 heteroatoms. The molecule has 0 radical (unpaired) electrons. The molecule has 5 rings (SSSR count). The molecule has 160 valence electrons. The van der Waals surface area contributed by atoms with Crippen molar-refractivity contribution in [1.82, 2.24) is 24.0 Å². The van der Waals surface area contributed by atoms with Crippen LogP contribution < -0.4 is 5.73 Å². The van der Waals surface area contributed by atoms with Gasteiger partial charge in [0.05, 0.1) is 35.2 Å². The van der Waals surface area contributed by atoms with Crippen molar-refractivity contribution >= 4 is 28.0 Å². The number of imidazole rings is 2. The van der Waals surface area contributed by atoms with Crippen LogP contribution >= 0.6 is 0 Å². The van der Waals surface area contributed by atoms with E-state index in [1.807, 2.05) is 41.0 Å². The number of rotatable bonds is 6. The third kappa shape index (κ3) is 3.93. The first kappa shape index (κ1) is 19.8. The predicted molar refractivity (Wildman–Crippen MR) is 121 cm³/mol. The van der Waals surface area contributed by atoms with E-state index in [1.54, 1.807) is 0 Å². The minimum Gasteiger partial charge on any atom is -0.368 e. The Balaban J connectivity index is 1.55. The number of amides is 1. The highest BCUT2D eigenvalue weighted by Crippen LogP contribution is 2.23. The lowest BCUT2D eigenvalue weighted by atomic mass is 9.99. The standard InChI is InChI=1S/C24H28N6O/c1-17-10-12-28(13-11-17)15-23-26-19-7-3-5-9-21(19)30(23)16-24-27-18-6-2-4-8-20(18)29(24)14-22(25)31/h2-9,17H,10-16H2,1H3,(H2,25,31). The van der Waals surface area contributed by atoms with Crippen LogP contribution in [-0.4, -0.2) is 43.0 Å². The average Bonchev–Trinajstić information content (AvgIpc) is 3.28. The predicted octanol–water partition coefficient (Wildman–Crippen LogP) is 3.15. The van der Waals surface area contributed by atoms with Crippen LogP contribution in [0.4, 0.5) is 0 Å². The summed E-state index contributed by atoms with van der Waals surface area (Å²) >= 11 is 0. The number of primary amides is 1. The first-order chi connectivity index (χ1) is 15.1. The molecular weight excluding hydrogens is 388 g/mol. The number of fused-ring (bicyclic) bond motifs is 2. The van der Waals surface area contributed by atoms with Gasteiger partial charge in [-0.05, 0) is 56.1 Å². The van der Waals surface area contributed by atoms with Crippen molar-refractivity contribution in [2.24, 2.45) is 11.7 Å². The van der Waals surface area contributed by atoms with Gasteiger partial charge in [0.15, 0.2) is 0 Å². The normalized spacial score (nSPS) is 15.8. The van der Waals surface area contributed by atoms with E-state index in [0.717, 1.165) is 59.3 Å². The van der Waals surface area contributed by atoms with Crippen molar-refractivity contribution in [3.05, 3.63) is 60.2 Å². The molecule has 1 amide bonds. The van der Waals surface area contributed by atoms with E-state index in [9.17, 15) is 4.79 Å². The number of benzene rings is 2. The molecule has 0 saturated carbocycles. The molecule has 2 aromatic heterocycles. The van der Waals surface area contributed by atoms with Crippen LogP contribution in [-0.2, 0) is 24.4 Å². The van der Waals surface area contributed by atoms with E-state index in [4.69, 9.17) is 15.7 Å². The number of para-hydroxylation sites is 4. The molecule has 1 saturated heterocycles. The van der Waals surface area contributed by atoms with Crippen molar-refractivity contribution in [2.45, 2.75) is 39.4 Å². The Labute approximate surface area is 181 Å². The summed E-state index contributed by atoms with van der Waals surface area (Å²) < 4.78 is 4.17. The number of carbonyl (C=O) groups excluding carboxylic acids is 1. The smallest absolute Gasteiger partial charge is 0.237 e. The van der Waals surface area contributed by atoms with Gasteiger partial charge in [0.25, 0.3) is 0 Å². The molecule has 0 atom stereocenters. The second kappa shape index (κ2) is 8.15. The molecule has 3 heterocycles. The Morgan fingerprint density at radius 1 is 0.903 bits per heavy atom. The van der Waals surface area contributed by atoms with E-state index in [-0.39, 0.29) is 12.5 Å². The van der Waals surface area contributed by atoms with Crippen molar-refractivity contribution in [1.29, 1.82) is 0 Å². The fourth-order valence-electron chi connectivity index (χ4n) is 4.56. The van der Waals surface area contributed by atoms with Gasteiger partial charge in [-0.1, -0.05) is 31.2 Å². The molecular formula is C24H28N6O. The minimum atomic E-state index is -0.373. The molecule has 4 aromatic rings. The van der Waals surface area contributed by atoms with Crippen LogP contribution in [0.1, 0.15) is 31.4 Å². The zero-order valence-corrected chi connectivity index (χ0v) is 17.9. The first-order valence-corrected chi connectivity index (χ1v) is 11.0. The van der Waals surface area contributed by atoms with Crippen LogP contribution in [0.3, 0.4) is 0 Å². The van der Waals surface area contributed by atoms with Crippen LogP contribution in [0.2, 0.25) is 0 Å². The molecule has 0 aliphatic carbocycles. The molecule has 0 bridgehead atoms. The highest BCUT2D eigenvalue weighted by Gasteiger charge is 2.21. The molecule has 1 fully saturated rings. The molecule has 1 aliphatic heterocycles. The maximum atomic E-state index is 11.8. The SMILES string of the molecule is CC1CCN(Cc2nc3ccccc3n2Cc2nc3ccccc3n2CC(N)=O)CC1. The van der Waals surface area contributed by atoms with Gasteiger partial charge in [0, 0.05) is 0 Å². The summed E-state index contributed by atoms with van der Waals surface area (Å²) in [6.45, 7) is 6.01. The highest BCUT2D eigenvalue weighted by molar-refractivity contribution is 5.80. The number of piperidine rings is 1. The van der Waals surface area contributed by atoms with Crippen molar-refractivity contribution in [2.75, 3.05) is 13.1 Å². The third-order valence-corrected chi connectivity index (χ3v) is 6.32. The van der Waals surface area contributed by atoms with Gasteiger partial charge in [-0.2, -0.15) is 0 Å². The summed E-state index contributed by atoms with van der Waals surface area (Å²) in [5.41, 5.74) is 9.42. The molecule has 2 N–H and O–H groups in total. The summed E-state index contributed by atoms with van der Waals surface area (Å²) in [5, 5.41) is 0. The van der Waals surface area contributed by atoms with E-state index in [2.05, 4.69) is 28.5 Å². The van der Waals surface area contributed by atoms with Gasteiger partial charge in [-0.25, -0.2) is 9.97 Å². The number of hydrogen-bond acceptors (Lipinski definition) is 4. The molecule has 7 nitrogen and oxygen atoms in total. The van der Waals surface area contributed by atoms with Gasteiger partial charge in [0.1, 0.15) is 18.2 Å². The van der Waals surface area contributed by atoms with Gasteiger partial charge in [-0.15, -0.1) is 0 Å². The topological polar surface area (TPSA) is 82.0 Å². The number of aromatic nitrogens is 4. The Morgan fingerprint density at radius 2 is 1.45 bits per heavy atom. The molecule has 2 aromatic carbocycles. The first-order valence-electron chi connectivity index (χ1n) is 11.0. The van der Waals surface area contributed by atoms with E-state index in [1.165, 1.54) is 12.8 Å². The van der Waals surface area contributed by atoms with E-state index in [0.29, 0.717) is 6.54 Å². The lowest BCUT2D eigenvalue weighted by Gasteiger charge is -2.30. The fourth-order valence-corrected chi connectivity index (χ4v) is 4.56. The van der Waals surface area contributed by atoms with Crippen molar-refractivity contribution in [3.63, 3.8) is 0 Å². The average molecular weight is 417 g/mol. The summed E-state index contributed by atoms with van der Waals surface area (Å²) in [7, 11) is 0. The van der Waals surface area contributed by atoms with Crippen LogP contribution in [0, 0.1) is 5.92 Å². The number of likely N-dealkylation sites (tertiary alicyclic amines) is 1. The van der Waals surface area contributed by atoms with Crippen LogP contribution in [0.15, 0.2) is 48.5 Å². The number of carbonyl (C=O) groups is 1. The summed E-state index contributed by atoms with van der Waals surface area (Å²) in [6.07, 6.45) is 2.46. The summed E-state index contributed by atoms with van der Waals surface area (Å²) in [5.74, 6) is 2.27. The zero-order chi connectivity index (χ0) is 21.4. The number of nitrogens with zero attached hydrogens (tertiary/aromatic N) is 5. The van der Waals surface area contributed by atoms with Crippen LogP contribution in [0.5, 0.6) is 0 Å². The summed E-state index contributed by atoms with van der Waals surface area (Å²) in [6, 6.07) is 16.1. The van der Waals surface area contributed by atoms with E-state index < -0.39 is 0 Å². The second-order valence-corrected chi connectivity index (χ2v) is 8.63. The van der Waals surface area contributed by atoms with Crippen LogP contribution in [0.25, 0.3) is 22.1 Å². The molecule has 1 aliphatic rings. The Bertz CT molecular complexity index is 1230. The monoisotopic (exact) mass is 416 g/mol. The van der Waals surface area contributed by atoms with E-state index >= 15 is 0 Å². The maximum absolute atomic E-state index is 11.8. The second-order valence-electron chi connectivity index (χ2n) is 8.63. The lowest BCUT2D eigenvalue weighted by molar-refractivity contribution is -0.118. The molecule has 31 heavy (non-hydrogen) atoms. The molecule has 0 unspecified atom stereocenters. The van der Waals surface area contributed by atoms with Gasteiger partial charge in [0.2, 0.25) is 5.91 Å². The Kier molecular flexibility index (Phi) is 5.19. The van der Waals surface area contributed by atoms with Gasteiger partial charge in [-0.3, -0.25) is 9.69 Å². The highest BCUT2D eigenvalue weighted by atomic mass is 16.1. The largest absolute Gasteiger partial charge is 0.368 e. The number of hydrogen-bond donors (Lipinski definition) is 1. The zero-order valence-electron chi connectivity index (χ0n) is 17.9. The lowest BCUT2D eigenvalue weighted by Crippen LogP contribution is -2.33. The van der Waals surface area contributed by atoms with Crippen molar-refractivity contribution in [3.8, 4) is 0 Å². The maximum Gasteiger partial charge on any atom is 0.237 e. The third-order valence-electron chi connectivity index (χ3n) is 6.32. The Hall–Kier alpha value is -3.19. The summed E-state index contributed by atoms with van der Waals surface area (Å²) in [4.78, 5) is 24.1. The number of nitrogens with two attached hydrogens (primary N) is 1. The van der Waals surface area contributed by atoms with Crippen molar-refractivity contribution < 1.29 is 4.79 Å².